The van der Waals surface area contributed by atoms with Crippen LogP contribution < -0.4 is 35.8 Å². The number of ether oxygens (including phenoxy) is 3. The molecule has 0 spiro atoms. The second-order valence-corrected chi connectivity index (χ2v) is 15.0. The molecule has 1 aromatic carbocycles. The molecule has 206 valence electrons. The van der Waals surface area contributed by atoms with Crippen LogP contribution in [0.25, 0.3) is 11.1 Å². The van der Waals surface area contributed by atoms with E-state index in [1.165, 1.54) is 6.07 Å². The molecule has 0 aliphatic rings. The Balaban J connectivity index is 2.28. The average molecular weight is 542 g/mol. The van der Waals surface area contributed by atoms with Gasteiger partial charge in [0.05, 0.1) is 22.3 Å². The van der Waals surface area contributed by atoms with Gasteiger partial charge in [-0.05, 0) is 30.5 Å². The van der Waals surface area contributed by atoms with Crippen molar-refractivity contribution >= 4 is 25.1 Å². The van der Waals surface area contributed by atoms with Gasteiger partial charge in [0.25, 0.3) is 11.9 Å². The minimum absolute atomic E-state index is 0.0288. The number of aromatic nitrogens is 2. The van der Waals surface area contributed by atoms with Crippen molar-refractivity contribution in [2.75, 3.05) is 38.8 Å². The molecule has 2 heterocycles. The zero-order valence-corrected chi connectivity index (χ0v) is 24.4. The largest absolute Gasteiger partial charge is 0.480 e. The second-order valence-electron chi connectivity index (χ2n) is 9.88. The lowest BCUT2D eigenvalue weighted by molar-refractivity contribution is 0.0969. The Morgan fingerprint density at radius 1 is 1.05 bits per heavy atom. The molecular formula is C27H39N5O5Si. The van der Waals surface area contributed by atoms with Crippen LogP contribution in [0.3, 0.4) is 0 Å². The number of primary amides is 1. The van der Waals surface area contributed by atoms with E-state index in [9.17, 15) is 4.79 Å². The Morgan fingerprint density at radius 2 is 1.71 bits per heavy atom. The fourth-order valence-corrected chi connectivity index (χ4v) is 5.33. The minimum Gasteiger partial charge on any atom is -0.480 e. The van der Waals surface area contributed by atoms with Crippen molar-refractivity contribution in [3.05, 3.63) is 35.6 Å². The van der Waals surface area contributed by atoms with Crippen molar-refractivity contribution in [3.63, 3.8) is 0 Å². The first-order chi connectivity index (χ1) is 18.1. The average Bonchev–Trinajstić information content (AvgIpc) is 3.35. The Labute approximate surface area is 225 Å². The molecule has 1 amide bonds. The van der Waals surface area contributed by atoms with Crippen molar-refractivity contribution in [1.29, 1.82) is 0 Å². The fourth-order valence-electron chi connectivity index (χ4n) is 4.19. The summed E-state index contributed by atoms with van der Waals surface area (Å²) in [7, 11) is 1.34. The van der Waals surface area contributed by atoms with Crippen LogP contribution in [-0.4, -0.2) is 57.8 Å². The highest BCUT2D eigenvalue weighted by Gasteiger charge is 2.28. The topological polar surface area (TPSA) is 139 Å². The number of carbonyl (C=O) groups excluding carboxylic acids is 1. The molecule has 0 unspecified atom stereocenters. The van der Waals surface area contributed by atoms with Crippen molar-refractivity contribution in [1.82, 2.24) is 9.97 Å². The smallest absolute Gasteiger partial charge is 0.290 e. The Bertz CT molecular complexity index is 1240. The van der Waals surface area contributed by atoms with Gasteiger partial charge in [-0.15, -0.1) is 0 Å². The quantitative estimate of drug-likeness (QED) is 0.308. The van der Waals surface area contributed by atoms with Crippen LogP contribution in [0.15, 0.2) is 28.7 Å². The van der Waals surface area contributed by atoms with Gasteiger partial charge in [0.15, 0.2) is 5.76 Å². The highest BCUT2D eigenvalue weighted by molar-refractivity contribution is 6.88. The lowest BCUT2D eigenvalue weighted by Crippen LogP contribution is -2.37. The van der Waals surface area contributed by atoms with E-state index >= 15 is 0 Å². The summed E-state index contributed by atoms with van der Waals surface area (Å²) in [5.74, 6) is 1.44. The molecule has 0 atom stereocenters. The molecule has 0 aliphatic heterocycles. The Kier molecular flexibility index (Phi) is 9.39. The van der Waals surface area contributed by atoms with Gasteiger partial charge in [0.2, 0.25) is 17.7 Å². The van der Waals surface area contributed by atoms with E-state index in [1.807, 2.05) is 17.9 Å². The third kappa shape index (κ3) is 6.28. The summed E-state index contributed by atoms with van der Waals surface area (Å²) in [4.78, 5) is 23.1. The summed E-state index contributed by atoms with van der Waals surface area (Å²) in [5, 5.41) is 1.14. The van der Waals surface area contributed by atoms with Crippen LogP contribution in [0.2, 0.25) is 19.6 Å². The third-order valence-electron chi connectivity index (χ3n) is 6.13. The van der Waals surface area contributed by atoms with E-state index < -0.39 is 14.0 Å². The summed E-state index contributed by atoms with van der Waals surface area (Å²) in [6, 6.07) is 7.27. The number of hydrogen-bond donors (Lipinski definition) is 2. The molecule has 38 heavy (non-hydrogen) atoms. The van der Waals surface area contributed by atoms with E-state index in [0.717, 1.165) is 29.3 Å². The maximum atomic E-state index is 11.5. The molecule has 0 aliphatic carbocycles. The normalized spacial score (nSPS) is 11.4. The van der Waals surface area contributed by atoms with Crippen LogP contribution in [0.4, 0.5) is 5.95 Å². The van der Waals surface area contributed by atoms with Gasteiger partial charge in [-0.3, -0.25) is 4.79 Å². The van der Waals surface area contributed by atoms with Crippen molar-refractivity contribution in [2.45, 2.75) is 46.3 Å². The van der Waals surface area contributed by atoms with E-state index in [-0.39, 0.29) is 11.7 Å². The number of hydrogen-bond acceptors (Lipinski definition) is 9. The summed E-state index contributed by atoms with van der Waals surface area (Å²) < 4.78 is 23.4. The fraction of sp³-hybridized carbons (Fsp3) is 0.444. The van der Waals surface area contributed by atoms with Crippen LogP contribution in [-0.2, 0) is 6.42 Å². The number of methoxy groups -OCH3 is 2. The van der Waals surface area contributed by atoms with Gasteiger partial charge in [0.1, 0.15) is 11.3 Å². The first-order valence-electron chi connectivity index (χ1n) is 12.8. The molecule has 0 bridgehead atoms. The molecule has 0 saturated carbocycles. The monoisotopic (exact) mass is 541 g/mol. The number of amides is 1. The number of furan rings is 1. The molecular weight excluding hydrogens is 502 g/mol. The molecule has 10 nitrogen and oxygen atoms in total. The van der Waals surface area contributed by atoms with Crippen LogP contribution in [0.5, 0.6) is 23.5 Å². The van der Waals surface area contributed by atoms with Crippen molar-refractivity contribution in [3.8, 4) is 34.6 Å². The molecule has 2 aromatic heterocycles. The van der Waals surface area contributed by atoms with Crippen molar-refractivity contribution in [2.24, 2.45) is 11.5 Å². The maximum Gasteiger partial charge on any atom is 0.290 e. The Morgan fingerprint density at radius 3 is 2.18 bits per heavy atom. The highest BCUT2D eigenvalue weighted by Crippen LogP contribution is 2.42. The van der Waals surface area contributed by atoms with Crippen LogP contribution in [0.1, 0.15) is 36.4 Å². The lowest BCUT2D eigenvalue weighted by Gasteiger charge is -2.25. The molecule has 3 aromatic rings. The van der Waals surface area contributed by atoms with E-state index in [2.05, 4.69) is 32.6 Å². The van der Waals surface area contributed by atoms with E-state index in [0.29, 0.717) is 48.5 Å². The SMILES string of the molecule is CCCN(CCN)c1nc(OC)c(-c2cc([Si](C)(C)C)cc(Oc3ccc(C(N)=O)o3)c2CC)c(OC)n1. The van der Waals surface area contributed by atoms with E-state index in [4.69, 9.17) is 40.1 Å². The van der Waals surface area contributed by atoms with Crippen molar-refractivity contribution < 1.29 is 23.4 Å². The first kappa shape index (κ1) is 29.0. The predicted octanol–water partition coefficient (Wildman–Crippen LogP) is 3.93. The number of rotatable bonds is 13. The number of nitrogens with zero attached hydrogens (tertiary/aromatic N) is 3. The molecule has 4 N–H and O–H groups in total. The second kappa shape index (κ2) is 12.3. The third-order valence-corrected chi connectivity index (χ3v) is 8.15. The van der Waals surface area contributed by atoms with Crippen LogP contribution in [0, 0.1) is 0 Å². The predicted molar refractivity (Wildman–Crippen MR) is 152 cm³/mol. The van der Waals surface area contributed by atoms with Gasteiger partial charge in [-0.2, -0.15) is 9.97 Å². The molecule has 11 heteroatoms. The van der Waals surface area contributed by atoms with Gasteiger partial charge in [-0.1, -0.05) is 44.7 Å². The van der Waals surface area contributed by atoms with Gasteiger partial charge in [-0.25, -0.2) is 0 Å². The maximum absolute atomic E-state index is 11.5. The molecule has 3 rings (SSSR count). The standard InChI is InChI=1S/C27H39N5O5Si/c1-8-13-32(14-12-28)27-30-25(34-3)23(26(31-27)35-4)19-15-17(38(5,6)7)16-21(18(19)9-2)37-22-11-10-20(36-22)24(29)33/h10-11,15-16H,8-9,12-14,28H2,1-7H3,(H2,29,33). The lowest BCUT2D eigenvalue weighted by atomic mass is 9.98. The molecule has 0 radical (unpaired) electrons. The summed E-state index contributed by atoms with van der Waals surface area (Å²) >= 11 is 0. The summed E-state index contributed by atoms with van der Waals surface area (Å²) in [6.45, 7) is 12.7. The number of anilines is 1. The Hall–Kier alpha value is -3.57. The molecule has 0 saturated heterocycles. The number of benzene rings is 1. The summed E-state index contributed by atoms with van der Waals surface area (Å²) in [5.41, 5.74) is 13.6. The van der Waals surface area contributed by atoms with E-state index in [1.54, 1.807) is 20.3 Å². The number of nitrogens with two attached hydrogens (primary N) is 2. The zero-order valence-electron chi connectivity index (χ0n) is 23.4. The van der Waals surface area contributed by atoms with Gasteiger partial charge in [0, 0.05) is 31.3 Å². The van der Waals surface area contributed by atoms with Gasteiger partial charge < -0.3 is 35.0 Å². The minimum atomic E-state index is -1.83. The van der Waals surface area contributed by atoms with Gasteiger partial charge >= 0.3 is 0 Å². The van der Waals surface area contributed by atoms with Crippen LogP contribution >= 0.6 is 0 Å². The first-order valence-corrected chi connectivity index (χ1v) is 16.3. The highest BCUT2D eigenvalue weighted by atomic mass is 28.3. The molecule has 0 fully saturated rings. The summed E-state index contributed by atoms with van der Waals surface area (Å²) in [6.07, 6.45) is 1.54. The number of carbonyl (C=O) groups is 1. The zero-order chi connectivity index (χ0) is 28.0.